The molecule has 1 aromatic heterocycles. The van der Waals surface area contributed by atoms with Crippen molar-refractivity contribution in [3.05, 3.63) is 70.2 Å². The average molecular weight is 526 g/mol. The second-order valence-corrected chi connectivity index (χ2v) is 9.91. The summed E-state index contributed by atoms with van der Waals surface area (Å²) in [4.78, 5) is 40.8. The van der Waals surface area contributed by atoms with E-state index >= 15 is 0 Å². The van der Waals surface area contributed by atoms with E-state index in [9.17, 15) is 19.5 Å². The average Bonchev–Trinajstić information content (AvgIpc) is 3.26. The van der Waals surface area contributed by atoms with Gasteiger partial charge in [-0.2, -0.15) is 4.37 Å². The summed E-state index contributed by atoms with van der Waals surface area (Å²) in [5, 5.41) is 12.9. The SMILES string of the molecule is CCC(C)(C)NC(=O)[C@H](c1ccc(O)cc1)N(Cc1ccc(OC)cc1)C(=O)c1snc(C(N)=O)c1N. The first kappa shape index (κ1) is 27.5. The van der Waals surface area contributed by atoms with Crippen LogP contribution in [0.5, 0.6) is 11.5 Å². The molecule has 10 nitrogen and oxygen atoms in total. The van der Waals surface area contributed by atoms with Crippen LogP contribution in [0.15, 0.2) is 48.5 Å². The number of carbonyl (C=O) groups excluding carboxylic acids is 3. The number of nitrogens with one attached hydrogen (secondary N) is 1. The molecule has 196 valence electrons. The van der Waals surface area contributed by atoms with Gasteiger partial charge in [-0.15, -0.1) is 0 Å². The number of hydrogen-bond donors (Lipinski definition) is 4. The zero-order valence-corrected chi connectivity index (χ0v) is 22.0. The fourth-order valence-electron chi connectivity index (χ4n) is 3.59. The van der Waals surface area contributed by atoms with E-state index in [1.165, 1.54) is 17.0 Å². The number of primary amides is 1. The molecule has 0 radical (unpaired) electrons. The number of aromatic hydroxyl groups is 1. The molecule has 0 bridgehead atoms. The highest BCUT2D eigenvalue weighted by Gasteiger charge is 2.36. The van der Waals surface area contributed by atoms with Crippen molar-refractivity contribution < 1.29 is 24.2 Å². The number of nitrogens with two attached hydrogens (primary N) is 2. The number of rotatable bonds is 10. The van der Waals surface area contributed by atoms with Crippen molar-refractivity contribution in [1.29, 1.82) is 0 Å². The highest BCUT2D eigenvalue weighted by atomic mass is 32.1. The number of hydrogen-bond acceptors (Lipinski definition) is 8. The van der Waals surface area contributed by atoms with E-state index in [1.54, 1.807) is 43.5 Å². The lowest BCUT2D eigenvalue weighted by Gasteiger charge is -2.34. The molecule has 2 aromatic carbocycles. The Bertz CT molecular complexity index is 1270. The zero-order chi connectivity index (χ0) is 27.3. The number of ether oxygens (including phenoxy) is 1. The van der Waals surface area contributed by atoms with Gasteiger partial charge < -0.3 is 31.5 Å². The summed E-state index contributed by atoms with van der Waals surface area (Å²) >= 11 is 0.743. The van der Waals surface area contributed by atoms with E-state index in [0.717, 1.165) is 17.1 Å². The lowest BCUT2D eigenvalue weighted by atomic mass is 9.98. The maximum Gasteiger partial charge on any atom is 0.270 e. The normalized spacial score (nSPS) is 12.0. The van der Waals surface area contributed by atoms with Gasteiger partial charge in [0.2, 0.25) is 5.91 Å². The third-order valence-corrected chi connectivity index (χ3v) is 6.89. The summed E-state index contributed by atoms with van der Waals surface area (Å²) in [7, 11) is 1.55. The van der Waals surface area contributed by atoms with Crippen LogP contribution in [0.2, 0.25) is 0 Å². The van der Waals surface area contributed by atoms with Crippen LogP contribution in [0.1, 0.15) is 64.5 Å². The Morgan fingerprint density at radius 3 is 2.27 bits per heavy atom. The van der Waals surface area contributed by atoms with Gasteiger partial charge in [0.15, 0.2) is 5.69 Å². The monoisotopic (exact) mass is 525 g/mol. The number of phenols is 1. The fraction of sp³-hybridized carbons (Fsp3) is 0.308. The molecule has 0 aliphatic rings. The minimum atomic E-state index is -1.10. The minimum absolute atomic E-state index is 0.00589. The summed E-state index contributed by atoms with van der Waals surface area (Å²) in [5.41, 5.74) is 11.7. The number of benzene rings is 2. The van der Waals surface area contributed by atoms with Crippen LogP contribution in [0, 0.1) is 0 Å². The van der Waals surface area contributed by atoms with Crippen LogP contribution in [0.25, 0.3) is 0 Å². The maximum atomic E-state index is 14.0. The summed E-state index contributed by atoms with van der Waals surface area (Å²) in [6, 6.07) is 12.0. The Kier molecular flexibility index (Phi) is 8.38. The van der Waals surface area contributed by atoms with Gasteiger partial charge in [-0.3, -0.25) is 14.4 Å². The molecule has 0 saturated heterocycles. The highest BCUT2D eigenvalue weighted by molar-refractivity contribution is 7.09. The molecule has 37 heavy (non-hydrogen) atoms. The smallest absolute Gasteiger partial charge is 0.270 e. The number of phenolic OH excluding ortho intramolecular Hbond substituents is 1. The molecular weight excluding hydrogens is 494 g/mol. The van der Waals surface area contributed by atoms with Gasteiger partial charge in [0, 0.05) is 12.1 Å². The van der Waals surface area contributed by atoms with E-state index in [-0.39, 0.29) is 28.6 Å². The summed E-state index contributed by atoms with van der Waals surface area (Å²) in [6.07, 6.45) is 0.650. The van der Waals surface area contributed by atoms with Gasteiger partial charge in [0.05, 0.1) is 12.8 Å². The van der Waals surface area contributed by atoms with Crippen molar-refractivity contribution in [3.63, 3.8) is 0 Å². The number of methoxy groups -OCH3 is 1. The van der Waals surface area contributed by atoms with Crippen LogP contribution in [-0.4, -0.2) is 44.8 Å². The first-order valence-corrected chi connectivity index (χ1v) is 12.3. The predicted molar refractivity (Wildman–Crippen MR) is 141 cm³/mol. The third-order valence-electron chi connectivity index (χ3n) is 6.04. The molecule has 0 fully saturated rings. The highest BCUT2D eigenvalue weighted by Crippen LogP contribution is 2.31. The summed E-state index contributed by atoms with van der Waals surface area (Å²) < 4.78 is 9.18. The first-order chi connectivity index (χ1) is 17.5. The zero-order valence-electron chi connectivity index (χ0n) is 21.1. The topological polar surface area (TPSA) is 161 Å². The van der Waals surface area contributed by atoms with Crippen LogP contribution >= 0.6 is 11.5 Å². The summed E-state index contributed by atoms with van der Waals surface area (Å²) in [5.74, 6) is -1.22. The van der Waals surface area contributed by atoms with Crippen LogP contribution in [0.4, 0.5) is 5.69 Å². The molecular formula is C26H31N5O5S. The van der Waals surface area contributed by atoms with Crippen molar-refractivity contribution in [1.82, 2.24) is 14.6 Å². The molecule has 0 unspecified atom stereocenters. The van der Waals surface area contributed by atoms with E-state index in [4.69, 9.17) is 16.2 Å². The quantitative estimate of drug-likeness (QED) is 0.316. The molecule has 6 N–H and O–H groups in total. The van der Waals surface area contributed by atoms with Gasteiger partial charge >= 0.3 is 0 Å². The fourth-order valence-corrected chi connectivity index (χ4v) is 4.35. The lowest BCUT2D eigenvalue weighted by Crippen LogP contribution is -2.50. The van der Waals surface area contributed by atoms with Crippen molar-refractivity contribution in [2.75, 3.05) is 12.8 Å². The number of nitrogens with zero attached hydrogens (tertiary/aromatic N) is 2. The van der Waals surface area contributed by atoms with Crippen molar-refractivity contribution in [3.8, 4) is 11.5 Å². The molecule has 3 amide bonds. The number of amides is 3. The largest absolute Gasteiger partial charge is 0.508 e. The Morgan fingerprint density at radius 1 is 1.14 bits per heavy atom. The minimum Gasteiger partial charge on any atom is -0.508 e. The van der Waals surface area contributed by atoms with Gasteiger partial charge in [-0.1, -0.05) is 31.2 Å². The molecule has 1 atom stereocenters. The molecule has 0 saturated carbocycles. The number of aromatic nitrogens is 1. The third kappa shape index (κ3) is 6.36. The number of carbonyl (C=O) groups is 3. The second kappa shape index (κ2) is 11.3. The van der Waals surface area contributed by atoms with E-state index in [0.29, 0.717) is 17.7 Å². The standard InChI is InChI=1S/C26H31N5O5S/c1-5-26(2,3)29-24(34)21(16-8-10-17(32)11-9-16)31(14-15-6-12-18(36-4)13-7-15)25(35)22-19(27)20(23(28)33)30-37-22/h6-13,21,32H,5,14,27H2,1-4H3,(H2,28,33)(H,29,34)/t21-/m0/s1. The summed E-state index contributed by atoms with van der Waals surface area (Å²) in [6.45, 7) is 5.74. The molecule has 0 aliphatic heterocycles. The number of anilines is 1. The van der Waals surface area contributed by atoms with E-state index < -0.39 is 29.3 Å². The Hall–Kier alpha value is -4.12. The maximum absolute atomic E-state index is 14.0. The Balaban J connectivity index is 2.15. The van der Waals surface area contributed by atoms with Gasteiger partial charge in [-0.05, 0) is 67.2 Å². The second-order valence-electron chi connectivity index (χ2n) is 9.14. The van der Waals surface area contributed by atoms with Gasteiger partial charge in [-0.25, -0.2) is 0 Å². The molecule has 3 rings (SSSR count). The Labute approximate surface area is 219 Å². The van der Waals surface area contributed by atoms with Crippen molar-refractivity contribution in [2.45, 2.75) is 45.3 Å². The molecule has 0 spiro atoms. The van der Waals surface area contributed by atoms with E-state index in [2.05, 4.69) is 9.69 Å². The van der Waals surface area contributed by atoms with Crippen LogP contribution in [-0.2, 0) is 11.3 Å². The molecule has 0 aliphatic carbocycles. The van der Waals surface area contributed by atoms with Gasteiger partial charge in [0.1, 0.15) is 22.4 Å². The predicted octanol–water partition coefficient (Wildman–Crippen LogP) is 3.23. The lowest BCUT2D eigenvalue weighted by molar-refractivity contribution is -0.127. The van der Waals surface area contributed by atoms with Crippen molar-refractivity contribution >= 4 is 34.9 Å². The van der Waals surface area contributed by atoms with Gasteiger partial charge in [0.25, 0.3) is 11.8 Å². The van der Waals surface area contributed by atoms with Crippen LogP contribution < -0.4 is 21.5 Å². The van der Waals surface area contributed by atoms with Crippen molar-refractivity contribution in [2.24, 2.45) is 5.73 Å². The first-order valence-electron chi connectivity index (χ1n) is 11.6. The number of nitrogen functional groups attached to an aromatic ring is 1. The van der Waals surface area contributed by atoms with E-state index in [1.807, 2.05) is 20.8 Å². The van der Waals surface area contributed by atoms with Crippen LogP contribution in [0.3, 0.4) is 0 Å². The molecule has 3 aromatic rings. The Morgan fingerprint density at radius 2 is 1.76 bits per heavy atom. The molecule has 1 heterocycles. The molecule has 11 heteroatoms.